The summed E-state index contributed by atoms with van der Waals surface area (Å²) in [5.41, 5.74) is 0.0790. The molecule has 1 aromatic carbocycles. The Labute approximate surface area is 120 Å². The van der Waals surface area contributed by atoms with E-state index in [2.05, 4.69) is 17.4 Å². The van der Waals surface area contributed by atoms with E-state index >= 15 is 0 Å². The van der Waals surface area contributed by atoms with Crippen LogP contribution in [0.15, 0.2) is 30.3 Å². The van der Waals surface area contributed by atoms with Crippen LogP contribution in [0.5, 0.6) is 0 Å². The van der Waals surface area contributed by atoms with Crippen molar-refractivity contribution < 1.29 is 14.6 Å². The molecule has 4 atom stereocenters. The summed E-state index contributed by atoms with van der Waals surface area (Å²) in [5.74, 6) is 0.434. The summed E-state index contributed by atoms with van der Waals surface area (Å²) >= 11 is 0. The Morgan fingerprint density at radius 3 is 3.00 bits per heavy atom. The molecular weight excluding hydrogens is 254 g/mol. The predicted octanol–water partition coefficient (Wildman–Crippen LogP) is 1.25. The average molecular weight is 276 g/mol. The minimum absolute atomic E-state index is 0.0448. The van der Waals surface area contributed by atoms with E-state index in [4.69, 9.17) is 9.47 Å². The Bertz CT molecular complexity index is 435. The molecule has 2 aliphatic heterocycles. The molecule has 4 heteroatoms. The highest BCUT2D eigenvalue weighted by molar-refractivity contribution is 5.13. The van der Waals surface area contributed by atoms with Crippen molar-refractivity contribution in [3.63, 3.8) is 0 Å². The van der Waals surface area contributed by atoms with Gasteiger partial charge in [0.15, 0.2) is 0 Å². The first-order valence-electron chi connectivity index (χ1n) is 7.38. The van der Waals surface area contributed by atoms with E-state index in [1.165, 1.54) is 5.56 Å². The zero-order valence-electron chi connectivity index (χ0n) is 11.9. The number of hydrogen-bond donors (Lipinski definition) is 1. The average Bonchev–Trinajstić information content (AvgIpc) is 2.95. The third kappa shape index (κ3) is 2.88. The van der Waals surface area contributed by atoms with Crippen LogP contribution in [0, 0.1) is 11.8 Å². The van der Waals surface area contributed by atoms with Crippen LogP contribution in [0.25, 0.3) is 0 Å². The molecule has 3 rings (SSSR count). The normalized spacial score (nSPS) is 36.2. The monoisotopic (exact) mass is 276 g/mol. The number of fused-ring (bicyclic) bond motifs is 1. The largest absolute Gasteiger partial charge is 0.838 e. The highest BCUT2D eigenvalue weighted by atomic mass is 16.5. The zero-order chi connectivity index (χ0) is 14.0. The van der Waals surface area contributed by atoms with Crippen LogP contribution in [0.3, 0.4) is 0 Å². The molecule has 0 saturated carbocycles. The second kappa shape index (κ2) is 5.82. The van der Waals surface area contributed by atoms with Crippen LogP contribution in [0.4, 0.5) is 0 Å². The zero-order valence-corrected chi connectivity index (χ0v) is 11.9. The van der Waals surface area contributed by atoms with Crippen molar-refractivity contribution in [2.45, 2.75) is 38.3 Å². The second-order valence-corrected chi connectivity index (χ2v) is 5.93. The smallest absolute Gasteiger partial charge is 0.110 e. The van der Waals surface area contributed by atoms with Gasteiger partial charge < -0.3 is 19.9 Å². The summed E-state index contributed by atoms with van der Waals surface area (Å²) in [6.45, 7) is 3.74. The third-order valence-corrected chi connectivity index (χ3v) is 4.48. The van der Waals surface area contributed by atoms with Crippen LogP contribution in [0.1, 0.15) is 25.3 Å². The maximum atomic E-state index is 12.5. The van der Waals surface area contributed by atoms with Crippen LogP contribution >= 0.6 is 0 Å². The number of ether oxygens (including phenoxy) is 2. The van der Waals surface area contributed by atoms with Crippen molar-refractivity contribution in [2.24, 2.45) is 11.8 Å². The van der Waals surface area contributed by atoms with Gasteiger partial charge in [-0.15, -0.1) is 0 Å². The summed E-state index contributed by atoms with van der Waals surface area (Å²) < 4.78 is 11.3. The topological polar surface area (TPSA) is 53.5 Å². The van der Waals surface area contributed by atoms with Crippen molar-refractivity contribution in [1.82, 2.24) is 5.32 Å². The highest BCUT2D eigenvalue weighted by Crippen LogP contribution is 2.40. The predicted molar refractivity (Wildman–Crippen MR) is 73.6 cm³/mol. The highest BCUT2D eigenvalue weighted by Gasteiger charge is 2.46. The number of hydrogen-bond acceptors (Lipinski definition) is 4. The van der Waals surface area contributed by atoms with Crippen molar-refractivity contribution in [3.05, 3.63) is 35.9 Å². The number of benzene rings is 1. The molecule has 0 radical (unpaired) electrons. The van der Waals surface area contributed by atoms with Crippen LogP contribution < -0.4 is 10.4 Å². The molecule has 0 amide bonds. The minimum atomic E-state index is -1.09. The van der Waals surface area contributed by atoms with E-state index in [1.54, 1.807) is 6.92 Å². The number of nitrogens with one attached hydrogen (secondary N) is 1. The lowest BCUT2D eigenvalue weighted by Gasteiger charge is -2.40. The number of rotatable bonds is 5. The lowest BCUT2D eigenvalue weighted by Crippen LogP contribution is -2.56. The summed E-state index contributed by atoms with van der Waals surface area (Å²) in [6.07, 6.45) is 1.74. The Morgan fingerprint density at radius 1 is 1.40 bits per heavy atom. The first kappa shape index (κ1) is 14.0. The summed E-state index contributed by atoms with van der Waals surface area (Å²) in [4.78, 5) is 0. The lowest BCUT2D eigenvalue weighted by molar-refractivity contribution is -0.493. The molecule has 1 aromatic rings. The van der Waals surface area contributed by atoms with Gasteiger partial charge in [0.2, 0.25) is 0 Å². The fourth-order valence-electron chi connectivity index (χ4n) is 3.43. The van der Waals surface area contributed by atoms with Gasteiger partial charge in [-0.3, -0.25) is 0 Å². The fraction of sp³-hybridized carbons (Fsp3) is 0.625. The van der Waals surface area contributed by atoms with Gasteiger partial charge in [-0.05, 0) is 24.3 Å². The first-order chi connectivity index (χ1) is 9.67. The molecule has 0 spiro atoms. The molecule has 0 unspecified atom stereocenters. The molecule has 0 bridgehead atoms. The van der Waals surface area contributed by atoms with E-state index < -0.39 is 5.72 Å². The van der Waals surface area contributed by atoms with Crippen molar-refractivity contribution in [1.29, 1.82) is 0 Å². The van der Waals surface area contributed by atoms with Gasteiger partial charge in [-0.25, -0.2) is 0 Å². The molecule has 0 aliphatic carbocycles. The summed E-state index contributed by atoms with van der Waals surface area (Å²) in [5, 5.41) is 15.5. The van der Waals surface area contributed by atoms with E-state index in [9.17, 15) is 5.11 Å². The van der Waals surface area contributed by atoms with Gasteiger partial charge in [0.1, 0.15) is 6.23 Å². The molecule has 2 heterocycles. The lowest BCUT2D eigenvalue weighted by atomic mass is 9.85. The summed E-state index contributed by atoms with van der Waals surface area (Å²) in [7, 11) is 0. The van der Waals surface area contributed by atoms with Gasteiger partial charge in [0.05, 0.1) is 6.61 Å². The van der Waals surface area contributed by atoms with Crippen molar-refractivity contribution >= 4 is 0 Å². The van der Waals surface area contributed by atoms with Crippen LogP contribution in [-0.2, 0) is 16.1 Å². The third-order valence-electron chi connectivity index (χ3n) is 4.48. The molecule has 4 nitrogen and oxygen atoms in total. The van der Waals surface area contributed by atoms with Crippen LogP contribution in [-0.4, -0.2) is 25.2 Å². The second-order valence-electron chi connectivity index (χ2n) is 5.93. The van der Waals surface area contributed by atoms with Gasteiger partial charge >= 0.3 is 0 Å². The summed E-state index contributed by atoms with van der Waals surface area (Å²) in [6, 6.07) is 10.1. The Hall–Kier alpha value is -0.940. The van der Waals surface area contributed by atoms with Gasteiger partial charge in [0.25, 0.3) is 0 Å². The van der Waals surface area contributed by atoms with Crippen molar-refractivity contribution in [3.8, 4) is 0 Å². The minimum Gasteiger partial charge on any atom is -0.838 e. The van der Waals surface area contributed by atoms with Gasteiger partial charge in [0, 0.05) is 19.1 Å². The Morgan fingerprint density at radius 2 is 2.20 bits per heavy atom. The van der Waals surface area contributed by atoms with Gasteiger partial charge in [-0.1, -0.05) is 43.0 Å². The molecule has 2 fully saturated rings. The maximum absolute atomic E-state index is 12.5. The van der Waals surface area contributed by atoms with E-state index in [-0.39, 0.29) is 12.1 Å². The van der Waals surface area contributed by atoms with Crippen LogP contribution in [0.2, 0.25) is 0 Å². The molecule has 110 valence electrons. The van der Waals surface area contributed by atoms with E-state index in [0.29, 0.717) is 19.1 Å². The Balaban J connectivity index is 1.48. The van der Waals surface area contributed by atoms with E-state index in [1.807, 2.05) is 18.2 Å². The quantitative estimate of drug-likeness (QED) is 0.822. The molecule has 2 aliphatic rings. The van der Waals surface area contributed by atoms with E-state index in [0.717, 1.165) is 19.4 Å². The van der Waals surface area contributed by atoms with Crippen molar-refractivity contribution in [2.75, 3.05) is 13.2 Å². The first-order valence-corrected chi connectivity index (χ1v) is 7.38. The Kier molecular flexibility index (Phi) is 4.08. The molecular formula is C16H22NO3-. The molecule has 20 heavy (non-hydrogen) atoms. The van der Waals surface area contributed by atoms with Gasteiger partial charge in [-0.2, -0.15) is 0 Å². The molecule has 0 aromatic heterocycles. The SMILES string of the molecule is C[C@@]1([O-])N[C@@H]2OCC[C@@H]2[C@@H]1CCOCc1ccccc1. The standard InChI is InChI=1S/C16H22NO3/c1-16(18)14(13-7-10-20-15(13)17-16)8-9-19-11-12-5-3-2-4-6-12/h2-6,13-15,17H,7-11H2,1H3/q-1/t13-,14+,15-,16+/m1/s1. The molecule has 2 saturated heterocycles. The molecule has 1 N–H and O–H groups in total. The fourth-order valence-corrected chi connectivity index (χ4v) is 3.43. The maximum Gasteiger partial charge on any atom is 0.110 e.